The molecule has 4 heterocycles. The van der Waals surface area contributed by atoms with Crippen molar-refractivity contribution in [2.45, 2.75) is 0 Å². The molecule has 0 amide bonds. The summed E-state index contributed by atoms with van der Waals surface area (Å²) in [5.41, 5.74) is 2.14. The van der Waals surface area contributed by atoms with Crippen LogP contribution in [0.1, 0.15) is 0 Å². The van der Waals surface area contributed by atoms with Crippen LogP contribution in [-0.4, -0.2) is 31.7 Å². The molecule has 0 aliphatic heterocycles. The van der Waals surface area contributed by atoms with Crippen LogP contribution in [0.15, 0.2) is 55.0 Å². The van der Waals surface area contributed by atoms with Gasteiger partial charge in [0.05, 0.1) is 17.8 Å². The van der Waals surface area contributed by atoms with Gasteiger partial charge in [-0.05, 0) is 24.3 Å². The van der Waals surface area contributed by atoms with Crippen LogP contribution < -0.4 is 10.1 Å². The topological polar surface area (TPSA) is 77.2 Å². The Morgan fingerprint density at radius 1 is 1.12 bits per heavy atom. The standard InChI is InChI=1S/C17H13ClN6O/c1-25-15-6-2-4-13(20-15)16-22-17(14-5-3-9-24(14)23-16)21-12-7-8-19-10-11(12)18/h2-10H,1H3,(H,19,21,22,23). The van der Waals surface area contributed by atoms with E-state index < -0.39 is 0 Å². The van der Waals surface area contributed by atoms with Gasteiger partial charge in [-0.25, -0.2) is 14.5 Å². The molecule has 0 aliphatic rings. The molecule has 0 aromatic carbocycles. The number of nitrogens with one attached hydrogen (secondary N) is 1. The van der Waals surface area contributed by atoms with E-state index in [-0.39, 0.29) is 0 Å². The molecule has 1 N–H and O–H groups in total. The summed E-state index contributed by atoms with van der Waals surface area (Å²) in [5.74, 6) is 1.59. The van der Waals surface area contributed by atoms with Gasteiger partial charge in [-0.3, -0.25) is 4.98 Å². The van der Waals surface area contributed by atoms with Crippen LogP contribution in [0.5, 0.6) is 5.88 Å². The molecule has 4 aromatic rings. The lowest BCUT2D eigenvalue weighted by Gasteiger charge is -2.10. The van der Waals surface area contributed by atoms with Crippen LogP contribution in [-0.2, 0) is 0 Å². The molecule has 0 atom stereocenters. The minimum absolute atomic E-state index is 0.468. The van der Waals surface area contributed by atoms with E-state index in [2.05, 4.69) is 25.4 Å². The number of pyridine rings is 2. The van der Waals surface area contributed by atoms with Gasteiger partial charge in [0, 0.05) is 24.7 Å². The van der Waals surface area contributed by atoms with Gasteiger partial charge in [-0.15, -0.1) is 5.10 Å². The zero-order valence-corrected chi connectivity index (χ0v) is 14.0. The van der Waals surface area contributed by atoms with Gasteiger partial charge in [0.15, 0.2) is 5.82 Å². The number of hydrogen-bond acceptors (Lipinski definition) is 6. The second-order valence-corrected chi connectivity index (χ2v) is 5.57. The summed E-state index contributed by atoms with van der Waals surface area (Å²) in [7, 11) is 1.57. The lowest BCUT2D eigenvalue weighted by molar-refractivity contribution is 0.398. The molecule has 7 nitrogen and oxygen atoms in total. The SMILES string of the molecule is COc1cccc(-c2nc(Nc3ccncc3Cl)c3cccn3n2)n1. The molecule has 0 spiro atoms. The summed E-state index contributed by atoms with van der Waals surface area (Å²) >= 11 is 6.19. The largest absolute Gasteiger partial charge is 0.481 e. The molecule has 0 saturated heterocycles. The number of methoxy groups -OCH3 is 1. The van der Waals surface area contributed by atoms with Crippen LogP contribution >= 0.6 is 11.6 Å². The average molecular weight is 353 g/mol. The summed E-state index contributed by atoms with van der Waals surface area (Å²) in [6.45, 7) is 0. The van der Waals surface area contributed by atoms with Gasteiger partial charge < -0.3 is 10.1 Å². The maximum atomic E-state index is 6.19. The van der Waals surface area contributed by atoms with Crippen molar-refractivity contribution in [2.24, 2.45) is 0 Å². The Hall–Kier alpha value is -3.19. The highest BCUT2D eigenvalue weighted by atomic mass is 35.5. The molecule has 0 unspecified atom stereocenters. The predicted molar refractivity (Wildman–Crippen MR) is 95.3 cm³/mol. The summed E-state index contributed by atoms with van der Waals surface area (Å²) in [6.07, 6.45) is 5.08. The predicted octanol–water partition coefficient (Wildman–Crippen LogP) is 3.59. The van der Waals surface area contributed by atoms with E-state index in [0.29, 0.717) is 33.9 Å². The lowest BCUT2D eigenvalue weighted by atomic mass is 10.3. The second kappa shape index (κ2) is 6.37. The molecular formula is C17H13ClN6O. The average Bonchev–Trinajstić information content (AvgIpc) is 3.12. The molecule has 0 bridgehead atoms. The number of rotatable bonds is 4. The summed E-state index contributed by atoms with van der Waals surface area (Å²) < 4.78 is 6.91. The van der Waals surface area contributed by atoms with Crippen molar-refractivity contribution in [3.8, 4) is 17.4 Å². The summed E-state index contributed by atoms with van der Waals surface area (Å²) in [4.78, 5) is 13.0. The Bertz CT molecular complexity index is 1050. The molecule has 0 fully saturated rings. The molecule has 124 valence electrons. The first-order valence-electron chi connectivity index (χ1n) is 7.48. The Balaban J connectivity index is 1.83. The van der Waals surface area contributed by atoms with E-state index in [9.17, 15) is 0 Å². The van der Waals surface area contributed by atoms with Gasteiger partial charge >= 0.3 is 0 Å². The fraction of sp³-hybridized carbons (Fsp3) is 0.0588. The maximum absolute atomic E-state index is 6.19. The number of anilines is 2. The van der Waals surface area contributed by atoms with Gasteiger partial charge in [0.2, 0.25) is 11.7 Å². The van der Waals surface area contributed by atoms with Crippen molar-refractivity contribution in [1.82, 2.24) is 24.6 Å². The van der Waals surface area contributed by atoms with Crippen molar-refractivity contribution in [3.05, 3.63) is 60.0 Å². The van der Waals surface area contributed by atoms with E-state index >= 15 is 0 Å². The minimum Gasteiger partial charge on any atom is -0.481 e. The van der Waals surface area contributed by atoms with Gasteiger partial charge in [0.25, 0.3) is 0 Å². The zero-order chi connectivity index (χ0) is 17.2. The van der Waals surface area contributed by atoms with Gasteiger partial charge in [-0.1, -0.05) is 17.7 Å². The second-order valence-electron chi connectivity index (χ2n) is 5.17. The van der Waals surface area contributed by atoms with Crippen molar-refractivity contribution in [3.63, 3.8) is 0 Å². The molecule has 0 radical (unpaired) electrons. The van der Waals surface area contributed by atoms with E-state index in [4.69, 9.17) is 16.3 Å². The number of fused-ring (bicyclic) bond motifs is 1. The highest BCUT2D eigenvalue weighted by molar-refractivity contribution is 6.33. The third-order valence-electron chi connectivity index (χ3n) is 3.58. The Morgan fingerprint density at radius 2 is 2.04 bits per heavy atom. The third-order valence-corrected chi connectivity index (χ3v) is 3.88. The number of hydrogen-bond donors (Lipinski definition) is 1. The third kappa shape index (κ3) is 2.97. The maximum Gasteiger partial charge on any atom is 0.213 e. The van der Waals surface area contributed by atoms with Gasteiger partial charge in [-0.2, -0.15) is 0 Å². The molecule has 0 saturated carbocycles. The van der Waals surface area contributed by atoms with Crippen molar-refractivity contribution in [1.29, 1.82) is 0 Å². The van der Waals surface area contributed by atoms with Crippen LogP contribution in [0, 0.1) is 0 Å². The van der Waals surface area contributed by atoms with E-state index in [1.165, 1.54) is 0 Å². The summed E-state index contributed by atoms with van der Waals surface area (Å²) in [5, 5.41) is 8.25. The van der Waals surface area contributed by atoms with Crippen LogP contribution in [0.3, 0.4) is 0 Å². The van der Waals surface area contributed by atoms with Crippen molar-refractivity contribution in [2.75, 3.05) is 12.4 Å². The van der Waals surface area contributed by atoms with Crippen LogP contribution in [0.25, 0.3) is 17.0 Å². The molecule has 8 heteroatoms. The first-order chi connectivity index (χ1) is 12.2. The van der Waals surface area contributed by atoms with Crippen molar-refractivity contribution >= 4 is 28.6 Å². The number of ether oxygens (including phenoxy) is 1. The molecular weight excluding hydrogens is 340 g/mol. The fourth-order valence-corrected chi connectivity index (χ4v) is 2.56. The highest BCUT2D eigenvalue weighted by Crippen LogP contribution is 2.27. The first-order valence-corrected chi connectivity index (χ1v) is 7.86. The van der Waals surface area contributed by atoms with Gasteiger partial charge in [0.1, 0.15) is 11.2 Å². The zero-order valence-electron chi connectivity index (χ0n) is 13.2. The molecule has 25 heavy (non-hydrogen) atoms. The lowest BCUT2D eigenvalue weighted by Crippen LogP contribution is -2.04. The quantitative estimate of drug-likeness (QED) is 0.604. The Labute approximate surface area is 148 Å². The molecule has 4 aromatic heterocycles. The normalized spacial score (nSPS) is 10.8. The number of aromatic nitrogens is 5. The Kier molecular flexibility index (Phi) is 3.91. The van der Waals surface area contributed by atoms with Crippen LogP contribution in [0.2, 0.25) is 5.02 Å². The molecule has 4 rings (SSSR count). The number of nitrogens with zero attached hydrogens (tertiary/aromatic N) is 5. The van der Waals surface area contributed by atoms with E-state index in [1.807, 2.05) is 30.5 Å². The smallest absolute Gasteiger partial charge is 0.213 e. The number of halogens is 1. The monoisotopic (exact) mass is 352 g/mol. The minimum atomic E-state index is 0.468. The Morgan fingerprint density at radius 3 is 2.88 bits per heavy atom. The fourth-order valence-electron chi connectivity index (χ4n) is 2.39. The first kappa shape index (κ1) is 15.3. The highest BCUT2D eigenvalue weighted by Gasteiger charge is 2.12. The van der Waals surface area contributed by atoms with E-state index in [1.54, 1.807) is 36.2 Å². The van der Waals surface area contributed by atoms with Crippen molar-refractivity contribution < 1.29 is 4.74 Å². The van der Waals surface area contributed by atoms with Crippen LogP contribution in [0.4, 0.5) is 11.5 Å². The molecule has 0 aliphatic carbocycles. The summed E-state index contributed by atoms with van der Waals surface area (Å²) in [6, 6.07) is 11.0. The van der Waals surface area contributed by atoms with E-state index in [0.717, 1.165) is 5.52 Å².